The SMILES string of the molecule is COc1ccccc1/C=C1\C(=O)Nc2nc(C)c(O)c(C)c21. The fourth-order valence-corrected chi connectivity index (χ4v) is 2.63. The largest absolute Gasteiger partial charge is 0.506 e. The molecule has 0 atom stereocenters. The third kappa shape index (κ3) is 2.11. The number of pyridine rings is 1. The van der Waals surface area contributed by atoms with E-state index in [-0.39, 0.29) is 11.7 Å². The number of aromatic hydroxyl groups is 1. The maximum absolute atomic E-state index is 12.3. The minimum absolute atomic E-state index is 0.112. The lowest BCUT2D eigenvalue weighted by molar-refractivity contribution is -0.110. The van der Waals surface area contributed by atoms with E-state index in [9.17, 15) is 9.90 Å². The number of carbonyl (C=O) groups is 1. The zero-order valence-corrected chi connectivity index (χ0v) is 12.6. The van der Waals surface area contributed by atoms with Gasteiger partial charge < -0.3 is 15.2 Å². The Morgan fingerprint density at radius 2 is 2.00 bits per heavy atom. The first kappa shape index (κ1) is 14.1. The van der Waals surface area contributed by atoms with Gasteiger partial charge in [-0.2, -0.15) is 0 Å². The summed E-state index contributed by atoms with van der Waals surface area (Å²) in [5.74, 6) is 1.04. The molecule has 0 spiro atoms. The molecule has 5 nitrogen and oxygen atoms in total. The first-order chi connectivity index (χ1) is 10.5. The van der Waals surface area contributed by atoms with Crippen molar-refractivity contribution in [2.75, 3.05) is 12.4 Å². The van der Waals surface area contributed by atoms with E-state index in [1.165, 1.54) is 0 Å². The maximum atomic E-state index is 12.3. The molecule has 3 rings (SSSR count). The van der Waals surface area contributed by atoms with Crippen molar-refractivity contribution in [1.29, 1.82) is 0 Å². The lowest BCUT2D eigenvalue weighted by Crippen LogP contribution is -2.04. The lowest BCUT2D eigenvalue weighted by atomic mass is 10.00. The molecule has 0 aliphatic carbocycles. The number of aryl methyl sites for hydroxylation is 1. The summed E-state index contributed by atoms with van der Waals surface area (Å²) in [5, 5.41) is 12.8. The van der Waals surface area contributed by atoms with Gasteiger partial charge in [0.25, 0.3) is 5.91 Å². The van der Waals surface area contributed by atoms with Crippen LogP contribution in [0.1, 0.15) is 22.4 Å². The minimum atomic E-state index is -0.235. The van der Waals surface area contributed by atoms with E-state index < -0.39 is 0 Å². The third-order valence-electron chi connectivity index (χ3n) is 3.77. The van der Waals surface area contributed by atoms with E-state index in [0.29, 0.717) is 34.0 Å². The molecule has 22 heavy (non-hydrogen) atoms. The van der Waals surface area contributed by atoms with Crippen LogP contribution in [0.2, 0.25) is 0 Å². The summed E-state index contributed by atoms with van der Waals surface area (Å²) in [6.07, 6.45) is 1.75. The number of carbonyl (C=O) groups excluding carboxylic acids is 1. The van der Waals surface area contributed by atoms with Crippen LogP contribution in [0, 0.1) is 13.8 Å². The molecule has 2 heterocycles. The first-order valence-electron chi connectivity index (χ1n) is 6.89. The van der Waals surface area contributed by atoms with Crippen molar-refractivity contribution in [3.05, 3.63) is 46.6 Å². The standard InChI is InChI=1S/C17H16N2O3/c1-9-14-12(8-11-6-4-5-7-13(11)22-3)17(21)19-16(14)18-10(2)15(9)20/h4-8,20H,1-3H3,(H,18,19,21)/b12-8-. The van der Waals surface area contributed by atoms with Gasteiger partial charge in [0.15, 0.2) is 0 Å². The Hall–Kier alpha value is -2.82. The van der Waals surface area contributed by atoms with E-state index in [2.05, 4.69) is 10.3 Å². The number of para-hydroxylation sites is 1. The predicted molar refractivity (Wildman–Crippen MR) is 84.9 cm³/mol. The van der Waals surface area contributed by atoms with Crippen molar-refractivity contribution in [2.45, 2.75) is 13.8 Å². The van der Waals surface area contributed by atoms with Crippen molar-refractivity contribution in [3.8, 4) is 11.5 Å². The molecule has 0 bridgehead atoms. The molecule has 0 fully saturated rings. The second-order valence-corrected chi connectivity index (χ2v) is 5.15. The van der Waals surface area contributed by atoms with E-state index in [4.69, 9.17) is 4.74 Å². The number of fused-ring (bicyclic) bond motifs is 1. The van der Waals surface area contributed by atoms with Crippen LogP contribution in [-0.4, -0.2) is 23.1 Å². The summed E-state index contributed by atoms with van der Waals surface area (Å²) in [7, 11) is 1.59. The summed E-state index contributed by atoms with van der Waals surface area (Å²) in [4.78, 5) is 16.5. The Bertz CT molecular complexity index is 810. The van der Waals surface area contributed by atoms with Gasteiger partial charge in [-0.1, -0.05) is 18.2 Å². The van der Waals surface area contributed by atoms with Crippen LogP contribution < -0.4 is 10.1 Å². The molecule has 5 heteroatoms. The molecule has 0 saturated carbocycles. The molecule has 1 aliphatic rings. The summed E-state index contributed by atoms with van der Waals surface area (Å²) >= 11 is 0. The Kier molecular flexibility index (Phi) is 3.33. The van der Waals surface area contributed by atoms with Crippen molar-refractivity contribution in [1.82, 2.24) is 4.98 Å². The van der Waals surface area contributed by atoms with Crippen LogP contribution in [-0.2, 0) is 4.79 Å². The van der Waals surface area contributed by atoms with Crippen molar-refractivity contribution >= 4 is 23.4 Å². The zero-order chi connectivity index (χ0) is 15.9. The van der Waals surface area contributed by atoms with E-state index >= 15 is 0 Å². The highest BCUT2D eigenvalue weighted by Crippen LogP contribution is 2.39. The lowest BCUT2D eigenvalue weighted by Gasteiger charge is -2.09. The third-order valence-corrected chi connectivity index (χ3v) is 3.77. The van der Waals surface area contributed by atoms with Gasteiger partial charge in [0, 0.05) is 16.7 Å². The zero-order valence-electron chi connectivity index (χ0n) is 12.6. The van der Waals surface area contributed by atoms with E-state index in [1.807, 2.05) is 24.3 Å². The smallest absolute Gasteiger partial charge is 0.257 e. The molecule has 2 aromatic rings. The minimum Gasteiger partial charge on any atom is -0.506 e. The highest BCUT2D eigenvalue weighted by atomic mass is 16.5. The number of methoxy groups -OCH3 is 1. The van der Waals surface area contributed by atoms with Crippen LogP contribution in [0.4, 0.5) is 5.82 Å². The number of anilines is 1. The summed E-state index contributed by atoms with van der Waals surface area (Å²) in [6, 6.07) is 7.44. The molecule has 1 amide bonds. The Morgan fingerprint density at radius 3 is 2.73 bits per heavy atom. The number of nitrogens with zero attached hydrogens (tertiary/aromatic N) is 1. The average molecular weight is 296 g/mol. The second kappa shape index (κ2) is 5.18. The molecule has 1 aromatic heterocycles. The number of amides is 1. The van der Waals surface area contributed by atoms with Gasteiger partial charge in [-0.25, -0.2) is 4.98 Å². The van der Waals surface area contributed by atoms with Gasteiger partial charge in [-0.3, -0.25) is 4.79 Å². The number of rotatable bonds is 2. The quantitative estimate of drug-likeness (QED) is 0.836. The number of benzene rings is 1. The molecule has 0 saturated heterocycles. The van der Waals surface area contributed by atoms with Gasteiger partial charge in [0.1, 0.15) is 17.3 Å². The average Bonchev–Trinajstić information content (AvgIpc) is 2.81. The highest BCUT2D eigenvalue weighted by Gasteiger charge is 2.29. The van der Waals surface area contributed by atoms with Crippen LogP contribution >= 0.6 is 0 Å². The Balaban J connectivity index is 2.21. The molecular weight excluding hydrogens is 280 g/mol. The van der Waals surface area contributed by atoms with E-state index in [1.54, 1.807) is 27.0 Å². The highest BCUT2D eigenvalue weighted by molar-refractivity contribution is 6.35. The topological polar surface area (TPSA) is 71.5 Å². The Labute approximate surface area is 128 Å². The summed E-state index contributed by atoms with van der Waals surface area (Å²) < 4.78 is 5.31. The molecule has 1 aliphatic heterocycles. The molecule has 2 N–H and O–H groups in total. The van der Waals surface area contributed by atoms with Crippen LogP contribution in [0.5, 0.6) is 11.5 Å². The monoisotopic (exact) mass is 296 g/mol. The molecular formula is C17H16N2O3. The maximum Gasteiger partial charge on any atom is 0.257 e. The summed E-state index contributed by atoms with van der Waals surface area (Å²) in [5.41, 5.74) is 3.04. The summed E-state index contributed by atoms with van der Waals surface area (Å²) in [6.45, 7) is 3.48. The van der Waals surface area contributed by atoms with Gasteiger partial charge in [0.2, 0.25) is 0 Å². The predicted octanol–water partition coefficient (Wildman–Crippen LogP) is 2.91. The van der Waals surface area contributed by atoms with Crippen molar-refractivity contribution < 1.29 is 14.6 Å². The van der Waals surface area contributed by atoms with Crippen LogP contribution in [0.15, 0.2) is 24.3 Å². The number of nitrogens with one attached hydrogen (secondary N) is 1. The van der Waals surface area contributed by atoms with E-state index in [0.717, 1.165) is 5.56 Å². The van der Waals surface area contributed by atoms with Crippen LogP contribution in [0.3, 0.4) is 0 Å². The second-order valence-electron chi connectivity index (χ2n) is 5.15. The fraction of sp³-hybridized carbons (Fsp3) is 0.176. The first-order valence-corrected chi connectivity index (χ1v) is 6.89. The van der Waals surface area contributed by atoms with Crippen molar-refractivity contribution in [3.63, 3.8) is 0 Å². The van der Waals surface area contributed by atoms with Crippen LogP contribution in [0.25, 0.3) is 11.6 Å². The molecule has 0 radical (unpaired) electrons. The van der Waals surface area contributed by atoms with Gasteiger partial charge >= 0.3 is 0 Å². The molecule has 0 unspecified atom stereocenters. The Morgan fingerprint density at radius 1 is 1.27 bits per heavy atom. The van der Waals surface area contributed by atoms with Gasteiger partial charge in [0.05, 0.1) is 18.4 Å². The van der Waals surface area contributed by atoms with Crippen molar-refractivity contribution in [2.24, 2.45) is 0 Å². The number of hydrogen-bond donors (Lipinski definition) is 2. The number of hydrogen-bond acceptors (Lipinski definition) is 4. The van der Waals surface area contributed by atoms with Gasteiger partial charge in [-0.05, 0) is 26.0 Å². The fourth-order valence-electron chi connectivity index (χ4n) is 2.63. The molecule has 112 valence electrons. The molecule has 1 aromatic carbocycles. The van der Waals surface area contributed by atoms with Gasteiger partial charge in [-0.15, -0.1) is 0 Å². The normalized spacial score (nSPS) is 14.9. The number of ether oxygens (including phenoxy) is 1. The number of aromatic nitrogens is 1.